The first kappa shape index (κ1) is 19.4. The van der Waals surface area contributed by atoms with Gasteiger partial charge >= 0.3 is 5.97 Å². The number of methoxy groups -OCH3 is 1. The number of carbonyl (C=O) groups is 2. The van der Waals surface area contributed by atoms with Crippen molar-refractivity contribution in [3.63, 3.8) is 0 Å². The average molecular weight is 392 g/mol. The highest BCUT2D eigenvalue weighted by molar-refractivity contribution is 6.31. The second-order valence-electron chi connectivity index (χ2n) is 6.56. The second kappa shape index (κ2) is 8.54. The van der Waals surface area contributed by atoms with Crippen molar-refractivity contribution in [1.82, 2.24) is 15.4 Å². The highest BCUT2D eigenvalue weighted by Crippen LogP contribution is 2.30. The number of hydrogen-bond donors (Lipinski definition) is 1. The number of rotatable bonds is 5. The lowest BCUT2D eigenvalue weighted by Gasteiger charge is -2.36. The van der Waals surface area contributed by atoms with E-state index in [4.69, 9.17) is 20.9 Å². The molecule has 3 rings (SSSR count). The van der Waals surface area contributed by atoms with E-state index >= 15 is 0 Å². The molecule has 1 aliphatic rings. The molecule has 1 amide bonds. The van der Waals surface area contributed by atoms with Crippen LogP contribution in [0.5, 0.6) is 0 Å². The number of ether oxygens (including phenoxy) is 1. The molecule has 1 aromatic carbocycles. The Hall–Kier alpha value is -2.38. The number of halogens is 1. The van der Waals surface area contributed by atoms with Crippen molar-refractivity contribution in [3.05, 3.63) is 52.4 Å². The smallest absolute Gasteiger partial charge is 0.327 e. The molecule has 7 nitrogen and oxygen atoms in total. The highest BCUT2D eigenvalue weighted by Gasteiger charge is 2.33. The van der Waals surface area contributed by atoms with Crippen LogP contribution in [0.25, 0.3) is 0 Å². The van der Waals surface area contributed by atoms with Crippen molar-refractivity contribution in [2.24, 2.45) is 0 Å². The predicted molar refractivity (Wildman–Crippen MR) is 99.5 cm³/mol. The molecular weight excluding hydrogens is 370 g/mol. The molecule has 0 bridgehead atoms. The van der Waals surface area contributed by atoms with E-state index in [2.05, 4.69) is 10.5 Å². The standard InChI is InChI=1S/C19H22ClN3O4/c1-12-11-16(27-22-12)18(24)21-13-7-9-23(10-8-13)17(19(25)26-2)14-5-3-4-6-15(14)20/h3-6,11,13,17H,7-10H2,1-2H3,(H,21,24). The lowest BCUT2D eigenvalue weighted by Crippen LogP contribution is -2.47. The normalized spacial score (nSPS) is 16.7. The monoisotopic (exact) mass is 391 g/mol. The van der Waals surface area contributed by atoms with E-state index in [0.29, 0.717) is 36.6 Å². The average Bonchev–Trinajstić information content (AvgIpc) is 3.11. The first-order valence-corrected chi connectivity index (χ1v) is 9.18. The summed E-state index contributed by atoms with van der Waals surface area (Å²) in [6, 6.07) is 8.33. The SMILES string of the molecule is COC(=O)C(c1ccccc1Cl)N1CCC(NC(=O)c2cc(C)no2)CC1. The van der Waals surface area contributed by atoms with Crippen LogP contribution in [0, 0.1) is 6.92 Å². The number of amides is 1. The molecule has 27 heavy (non-hydrogen) atoms. The molecule has 1 atom stereocenters. The van der Waals surface area contributed by atoms with Gasteiger partial charge in [-0.05, 0) is 31.4 Å². The van der Waals surface area contributed by atoms with Gasteiger partial charge in [-0.15, -0.1) is 0 Å². The van der Waals surface area contributed by atoms with Gasteiger partial charge in [-0.3, -0.25) is 9.69 Å². The number of benzene rings is 1. The van der Waals surface area contributed by atoms with Gasteiger partial charge in [-0.25, -0.2) is 4.79 Å². The Morgan fingerprint density at radius 3 is 2.63 bits per heavy atom. The molecular formula is C19H22ClN3O4. The topological polar surface area (TPSA) is 84.7 Å². The van der Waals surface area contributed by atoms with Crippen molar-refractivity contribution in [1.29, 1.82) is 0 Å². The predicted octanol–water partition coefficient (Wildman–Crippen LogP) is 2.74. The fraction of sp³-hybridized carbons (Fsp3) is 0.421. The van der Waals surface area contributed by atoms with Crippen LogP contribution < -0.4 is 5.32 Å². The van der Waals surface area contributed by atoms with Gasteiger partial charge in [-0.1, -0.05) is 35.0 Å². The van der Waals surface area contributed by atoms with Crippen molar-refractivity contribution in [3.8, 4) is 0 Å². The summed E-state index contributed by atoms with van der Waals surface area (Å²) in [5, 5.41) is 7.22. The third-order valence-corrected chi connectivity index (χ3v) is 5.05. The number of nitrogens with one attached hydrogen (secondary N) is 1. The summed E-state index contributed by atoms with van der Waals surface area (Å²) in [6.07, 6.45) is 1.41. The number of likely N-dealkylation sites (tertiary alicyclic amines) is 1. The quantitative estimate of drug-likeness (QED) is 0.789. The summed E-state index contributed by atoms with van der Waals surface area (Å²) in [7, 11) is 1.37. The number of aryl methyl sites for hydroxylation is 1. The molecule has 8 heteroatoms. The van der Waals surface area contributed by atoms with Crippen LogP contribution in [0.2, 0.25) is 5.02 Å². The van der Waals surface area contributed by atoms with E-state index in [1.165, 1.54) is 7.11 Å². The lowest BCUT2D eigenvalue weighted by atomic mass is 9.99. The Bertz CT molecular complexity index is 815. The summed E-state index contributed by atoms with van der Waals surface area (Å²) in [6.45, 7) is 3.02. The molecule has 144 valence electrons. The van der Waals surface area contributed by atoms with Gasteiger partial charge in [0, 0.05) is 30.2 Å². The largest absolute Gasteiger partial charge is 0.468 e. The van der Waals surface area contributed by atoms with Gasteiger partial charge in [0.2, 0.25) is 5.76 Å². The molecule has 0 radical (unpaired) electrons. The molecule has 1 aromatic heterocycles. The van der Waals surface area contributed by atoms with E-state index in [9.17, 15) is 9.59 Å². The molecule has 0 spiro atoms. The van der Waals surface area contributed by atoms with E-state index in [1.54, 1.807) is 19.1 Å². The molecule has 1 aliphatic heterocycles. The fourth-order valence-electron chi connectivity index (χ4n) is 3.31. The lowest BCUT2D eigenvalue weighted by molar-refractivity contribution is -0.147. The molecule has 1 N–H and O–H groups in total. The van der Waals surface area contributed by atoms with Gasteiger partial charge in [0.05, 0.1) is 12.8 Å². The maximum absolute atomic E-state index is 12.4. The van der Waals surface area contributed by atoms with Gasteiger partial charge < -0.3 is 14.6 Å². The third-order valence-electron chi connectivity index (χ3n) is 4.71. The maximum Gasteiger partial charge on any atom is 0.327 e. The number of nitrogens with zero attached hydrogens (tertiary/aromatic N) is 2. The van der Waals surface area contributed by atoms with Gasteiger partial charge in [-0.2, -0.15) is 0 Å². The zero-order valence-corrected chi connectivity index (χ0v) is 16.0. The van der Waals surface area contributed by atoms with Crippen LogP contribution in [0.1, 0.15) is 40.7 Å². The Labute approximate surface area is 162 Å². The van der Waals surface area contributed by atoms with Crippen molar-refractivity contribution in [2.75, 3.05) is 20.2 Å². The third kappa shape index (κ3) is 4.48. The van der Waals surface area contributed by atoms with Gasteiger partial charge in [0.1, 0.15) is 6.04 Å². The molecule has 2 aromatic rings. The van der Waals surface area contributed by atoms with E-state index < -0.39 is 6.04 Å². The van der Waals surface area contributed by atoms with Crippen LogP contribution in [-0.4, -0.2) is 48.2 Å². The number of carbonyl (C=O) groups excluding carboxylic acids is 2. The van der Waals surface area contributed by atoms with Crippen LogP contribution >= 0.6 is 11.6 Å². The second-order valence-corrected chi connectivity index (χ2v) is 6.97. The van der Waals surface area contributed by atoms with Crippen LogP contribution in [0.3, 0.4) is 0 Å². The molecule has 1 unspecified atom stereocenters. The van der Waals surface area contributed by atoms with Crippen LogP contribution in [-0.2, 0) is 9.53 Å². The molecule has 2 heterocycles. The Balaban J connectivity index is 1.65. The minimum absolute atomic E-state index is 0.00342. The minimum atomic E-state index is -0.558. The van der Waals surface area contributed by atoms with Crippen molar-refractivity contribution >= 4 is 23.5 Å². The van der Waals surface area contributed by atoms with Crippen molar-refractivity contribution < 1.29 is 18.8 Å². The number of aromatic nitrogens is 1. The fourth-order valence-corrected chi connectivity index (χ4v) is 3.55. The van der Waals surface area contributed by atoms with Crippen molar-refractivity contribution in [2.45, 2.75) is 31.8 Å². The number of hydrogen-bond acceptors (Lipinski definition) is 6. The zero-order chi connectivity index (χ0) is 19.4. The Morgan fingerprint density at radius 2 is 2.04 bits per heavy atom. The molecule has 0 aliphatic carbocycles. The van der Waals surface area contributed by atoms with E-state index in [1.807, 2.05) is 23.1 Å². The maximum atomic E-state index is 12.4. The minimum Gasteiger partial charge on any atom is -0.468 e. The summed E-state index contributed by atoms with van der Waals surface area (Å²) >= 11 is 6.30. The molecule has 1 fully saturated rings. The summed E-state index contributed by atoms with van der Waals surface area (Å²) in [4.78, 5) is 26.6. The van der Waals surface area contributed by atoms with E-state index in [-0.39, 0.29) is 23.7 Å². The number of piperidine rings is 1. The summed E-state index contributed by atoms with van der Waals surface area (Å²) in [5.41, 5.74) is 1.39. The van der Waals surface area contributed by atoms with Gasteiger partial charge in [0.15, 0.2) is 0 Å². The Kier molecular flexibility index (Phi) is 6.13. The zero-order valence-electron chi connectivity index (χ0n) is 15.3. The van der Waals surface area contributed by atoms with Gasteiger partial charge in [0.25, 0.3) is 5.91 Å². The van der Waals surface area contributed by atoms with Crippen LogP contribution in [0.15, 0.2) is 34.9 Å². The molecule has 0 saturated carbocycles. The number of esters is 1. The summed E-state index contributed by atoms with van der Waals surface area (Å²) < 4.78 is 9.99. The van der Waals surface area contributed by atoms with Crippen LogP contribution in [0.4, 0.5) is 0 Å². The highest BCUT2D eigenvalue weighted by atomic mass is 35.5. The first-order valence-electron chi connectivity index (χ1n) is 8.80. The summed E-state index contributed by atoms with van der Waals surface area (Å²) in [5.74, 6) is -0.411. The molecule has 1 saturated heterocycles. The first-order chi connectivity index (χ1) is 13.0. The van der Waals surface area contributed by atoms with E-state index in [0.717, 1.165) is 5.56 Å². The Morgan fingerprint density at radius 1 is 1.33 bits per heavy atom.